The lowest BCUT2D eigenvalue weighted by molar-refractivity contribution is -0.144. The Morgan fingerprint density at radius 3 is 1.76 bits per heavy atom. The van der Waals surface area contributed by atoms with Gasteiger partial charge >= 0.3 is 0 Å². The highest BCUT2D eigenvalue weighted by atomic mass is 16.5. The van der Waals surface area contributed by atoms with Gasteiger partial charge in [0.15, 0.2) is 0 Å². The fourth-order valence-corrected chi connectivity index (χ4v) is 10.3. The Balaban J connectivity index is 1.09. The lowest BCUT2D eigenvalue weighted by atomic mass is 9.99. The number of benzene rings is 4. The summed E-state index contributed by atoms with van der Waals surface area (Å²) in [5.74, 6) is -5.23. The Bertz CT molecular complexity index is 2930. The van der Waals surface area contributed by atoms with Gasteiger partial charge in [-0.05, 0) is 123 Å². The summed E-state index contributed by atoms with van der Waals surface area (Å²) >= 11 is 0. The van der Waals surface area contributed by atoms with Crippen molar-refractivity contribution in [3.63, 3.8) is 0 Å². The van der Waals surface area contributed by atoms with Crippen molar-refractivity contribution in [3.05, 3.63) is 120 Å². The minimum atomic E-state index is -1.65. The molecule has 464 valence electrons. The molecule has 6 rings (SSSR count). The minimum absolute atomic E-state index is 0.0113. The number of aromatic hydroxyl groups is 1. The van der Waals surface area contributed by atoms with E-state index in [1.165, 1.54) is 19.1 Å². The number of ether oxygens (including phenoxy) is 1. The van der Waals surface area contributed by atoms with Gasteiger partial charge in [0, 0.05) is 44.6 Å². The van der Waals surface area contributed by atoms with E-state index in [0.717, 1.165) is 57.1 Å². The van der Waals surface area contributed by atoms with Gasteiger partial charge in [0.1, 0.15) is 47.8 Å². The Morgan fingerprint density at radius 1 is 0.651 bits per heavy atom. The molecule has 0 saturated carbocycles. The van der Waals surface area contributed by atoms with Gasteiger partial charge in [-0.3, -0.25) is 38.4 Å². The molecule has 0 bridgehead atoms. The Labute approximate surface area is 501 Å². The van der Waals surface area contributed by atoms with E-state index < -0.39 is 108 Å². The second kappa shape index (κ2) is 33.5. The number of aryl methyl sites for hydroxylation is 1. The first-order valence-corrected chi connectivity index (χ1v) is 29.5. The molecule has 4 aromatic rings. The maximum atomic E-state index is 14.5. The molecule has 14 N–H and O–H groups in total. The molecule has 0 radical (unpaired) electrons. The summed E-state index contributed by atoms with van der Waals surface area (Å²) in [5.41, 5.74) is 16.2. The third-order valence-corrected chi connectivity index (χ3v) is 15.1. The second-order valence-electron chi connectivity index (χ2n) is 21.7. The van der Waals surface area contributed by atoms with Gasteiger partial charge in [0.25, 0.3) is 5.91 Å². The molecule has 23 nitrogen and oxygen atoms in total. The van der Waals surface area contributed by atoms with E-state index in [9.17, 15) is 58.8 Å². The number of amides is 8. The van der Waals surface area contributed by atoms with E-state index in [2.05, 4.69) is 38.8 Å². The summed E-state index contributed by atoms with van der Waals surface area (Å²) in [4.78, 5) is 113. The molecule has 0 aliphatic carbocycles. The van der Waals surface area contributed by atoms with Crippen LogP contribution >= 0.6 is 0 Å². The van der Waals surface area contributed by atoms with Gasteiger partial charge < -0.3 is 78.3 Å². The van der Waals surface area contributed by atoms with Gasteiger partial charge in [-0.25, -0.2) is 0 Å². The van der Waals surface area contributed by atoms with Crippen LogP contribution in [0.3, 0.4) is 0 Å². The number of rotatable bonds is 31. The van der Waals surface area contributed by atoms with Crippen LogP contribution < -0.4 is 48.1 Å². The summed E-state index contributed by atoms with van der Waals surface area (Å²) in [7, 11) is 0. The highest BCUT2D eigenvalue weighted by molar-refractivity contribution is 5.99. The monoisotopic (exact) mass is 1190 g/mol. The van der Waals surface area contributed by atoms with E-state index >= 15 is 0 Å². The van der Waals surface area contributed by atoms with Crippen LogP contribution in [0.1, 0.15) is 94.5 Å². The lowest BCUT2D eigenvalue weighted by Crippen LogP contribution is -2.60. The molecule has 2 heterocycles. The van der Waals surface area contributed by atoms with E-state index in [0.29, 0.717) is 12.2 Å². The molecule has 0 unspecified atom stereocenters. The number of nitrogens with two attached hydrogens (primary N) is 2. The Kier molecular flexibility index (Phi) is 26.0. The van der Waals surface area contributed by atoms with Crippen LogP contribution in [0.15, 0.2) is 109 Å². The number of nitrogens with zero attached hydrogens (tertiary/aromatic N) is 2. The van der Waals surface area contributed by atoms with Crippen molar-refractivity contribution in [1.29, 1.82) is 0 Å². The van der Waals surface area contributed by atoms with Crippen LogP contribution in [0.5, 0.6) is 11.5 Å². The lowest BCUT2D eigenvalue weighted by Gasteiger charge is -2.32. The number of β-amino-alcohol motifs (C(OH)–C–C–N with tert-alkyl or cyclic N) is 2. The maximum absolute atomic E-state index is 14.5. The summed E-state index contributed by atoms with van der Waals surface area (Å²) in [6.07, 6.45) is 2.70. The summed E-state index contributed by atoms with van der Waals surface area (Å²) < 4.78 is 5.84. The third-order valence-electron chi connectivity index (χ3n) is 15.1. The van der Waals surface area contributed by atoms with Crippen molar-refractivity contribution >= 4 is 47.3 Å². The number of hydrogen-bond donors (Lipinski definition) is 12. The van der Waals surface area contributed by atoms with Crippen molar-refractivity contribution < 1.29 is 63.5 Å². The number of aliphatic hydroxyl groups excluding tert-OH is 3. The standard InChI is InChI=1S/C63H84N10O13/c1-4-6-8-33-86-49-27-23-44(24-28-49)42-17-15-41(16-18-42)43-19-21-45(22-20-43)57(79)67-36-55(78)71-56(39(3)74)63(85)73-38-48(77)35-54(73)61(83)69-51(29-14-40-12-25-46(75)26-13-40)59(81)70-52(11-9-30-64)62(84)72-37-47(76)34-53(72)60(82)68-50(10-7-5-2)58(80)66-32-31-65/h5,7,12-13,15-28,39,47-48,50-54,56,74-77H,4,6,8-11,14,29-38,64-65H2,1-3H3,(H,66,80)(H,67,79)(H,68,82)(H,69,83)(H,70,81)(H,71,78)/b7-5+/t39-,47-,48-,50+,51+,52+,53+,54+,56+/m1/s1. The molecule has 8 amide bonds. The van der Waals surface area contributed by atoms with Crippen molar-refractivity contribution in [1.82, 2.24) is 41.7 Å². The SMILES string of the molecule is C/C=C/C[C@H](NC(=O)[C@@H]1C[C@@H](O)CN1C(=O)[C@H](CCCN)NC(=O)[C@H](CCc1ccc(O)cc1)NC(=O)[C@@H]1C[C@@H](O)CN1C(=O)[C@@H](NC(=O)CNC(=O)c1ccc(-c2ccc(-c3ccc(OCCCCC)cc3)cc2)cc1)[C@@H](C)O)C(=O)NCCN. The minimum Gasteiger partial charge on any atom is -0.508 e. The predicted octanol–water partition coefficient (Wildman–Crippen LogP) is 1.68. The number of phenols is 1. The summed E-state index contributed by atoms with van der Waals surface area (Å²) in [6.45, 7) is 4.98. The zero-order valence-electron chi connectivity index (χ0n) is 49.1. The molecule has 0 spiro atoms. The van der Waals surface area contributed by atoms with E-state index in [4.69, 9.17) is 16.2 Å². The van der Waals surface area contributed by atoms with Gasteiger partial charge in [-0.2, -0.15) is 0 Å². The fourth-order valence-electron chi connectivity index (χ4n) is 10.3. The molecule has 0 aromatic heterocycles. The molecule has 2 saturated heterocycles. The van der Waals surface area contributed by atoms with Crippen molar-refractivity contribution in [2.45, 2.75) is 140 Å². The third kappa shape index (κ3) is 19.4. The van der Waals surface area contributed by atoms with Crippen LogP contribution in [-0.4, -0.2) is 178 Å². The quantitative estimate of drug-likeness (QED) is 0.0252. The van der Waals surface area contributed by atoms with E-state index in [1.54, 1.807) is 55.5 Å². The number of nitrogens with one attached hydrogen (secondary N) is 6. The normalized spacial score (nSPS) is 18.3. The molecule has 2 aliphatic rings. The summed E-state index contributed by atoms with van der Waals surface area (Å²) in [6, 6.07) is 20.7. The maximum Gasteiger partial charge on any atom is 0.251 e. The van der Waals surface area contributed by atoms with Gasteiger partial charge in [0.05, 0.1) is 31.5 Å². The van der Waals surface area contributed by atoms with Crippen LogP contribution in [-0.2, 0) is 40.0 Å². The number of allylic oxidation sites excluding steroid dienone is 1. The Hall–Kier alpha value is -8.22. The highest BCUT2D eigenvalue weighted by Crippen LogP contribution is 2.28. The molecule has 86 heavy (non-hydrogen) atoms. The zero-order valence-corrected chi connectivity index (χ0v) is 49.1. The average Bonchev–Trinajstić information content (AvgIpc) is 2.76. The van der Waals surface area contributed by atoms with Crippen LogP contribution in [0.25, 0.3) is 22.3 Å². The number of aliphatic hydroxyl groups is 3. The number of carbonyl (C=O) groups is 8. The van der Waals surface area contributed by atoms with Crippen LogP contribution in [0, 0.1) is 0 Å². The average molecular weight is 1190 g/mol. The van der Waals surface area contributed by atoms with Crippen molar-refractivity contribution in [2.75, 3.05) is 45.9 Å². The topological polar surface area (TPSA) is 357 Å². The number of phenolic OH excluding ortho intramolecular Hbond substituents is 1. The number of carbonyl (C=O) groups excluding carboxylic acids is 8. The highest BCUT2D eigenvalue weighted by Gasteiger charge is 2.45. The molecule has 4 aromatic carbocycles. The van der Waals surface area contributed by atoms with E-state index in [-0.39, 0.29) is 89.0 Å². The Morgan fingerprint density at radius 2 is 1.21 bits per heavy atom. The first-order chi connectivity index (χ1) is 41.3. The molecule has 9 atom stereocenters. The van der Waals surface area contributed by atoms with Crippen molar-refractivity contribution in [3.8, 4) is 33.8 Å². The predicted molar refractivity (Wildman–Crippen MR) is 323 cm³/mol. The first-order valence-electron chi connectivity index (χ1n) is 29.5. The molecular formula is C63H84N10O13. The molecule has 2 fully saturated rings. The first kappa shape index (κ1) is 66.9. The smallest absolute Gasteiger partial charge is 0.251 e. The molecule has 23 heteroatoms. The number of likely N-dealkylation sites (tertiary alicyclic amines) is 2. The van der Waals surface area contributed by atoms with Crippen molar-refractivity contribution in [2.24, 2.45) is 11.5 Å². The second-order valence-corrected chi connectivity index (χ2v) is 21.7. The van der Waals surface area contributed by atoms with E-state index in [1.807, 2.05) is 48.5 Å². The number of hydrogen-bond acceptors (Lipinski definition) is 15. The fraction of sp³-hybridized carbons (Fsp3) is 0.460. The number of unbranched alkanes of at least 4 members (excludes halogenated alkanes) is 2. The summed E-state index contributed by atoms with van der Waals surface area (Å²) in [5, 5.41) is 58.2. The largest absolute Gasteiger partial charge is 0.508 e. The zero-order chi connectivity index (χ0) is 62.3. The molecule has 2 aliphatic heterocycles. The van der Waals surface area contributed by atoms with Gasteiger partial charge in [-0.15, -0.1) is 0 Å². The molecular weight excluding hydrogens is 1100 g/mol. The van der Waals surface area contributed by atoms with Gasteiger partial charge in [-0.1, -0.05) is 92.6 Å². The van der Waals surface area contributed by atoms with Crippen LogP contribution in [0.4, 0.5) is 0 Å². The van der Waals surface area contributed by atoms with Gasteiger partial charge in [0.2, 0.25) is 41.4 Å². The van der Waals surface area contributed by atoms with Crippen LogP contribution in [0.2, 0.25) is 0 Å².